The number of nitrogen functional groups attached to an aromatic ring is 1. The third-order valence-electron chi connectivity index (χ3n) is 4.30. The maximum Gasteiger partial charge on any atom is 0.417 e. The molecule has 30 heavy (non-hydrogen) atoms. The molecule has 7 nitrogen and oxygen atoms in total. The minimum Gasteiger partial charge on any atom is -0.367 e. The Morgan fingerprint density at radius 3 is 2.27 bits per heavy atom. The minimum absolute atomic E-state index is 0.0199. The van der Waals surface area contributed by atoms with E-state index in [0.29, 0.717) is 0 Å². The van der Waals surface area contributed by atoms with Crippen LogP contribution in [0.15, 0.2) is 41.3 Å². The van der Waals surface area contributed by atoms with Gasteiger partial charge in [0.2, 0.25) is 16.0 Å². The summed E-state index contributed by atoms with van der Waals surface area (Å²) in [5, 5.41) is 6.04. The summed E-state index contributed by atoms with van der Waals surface area (Å²) < 4.78 is 81.1. The first-order valence-electron chi connectivity index (χ1n) is 8.49. The van der Waals surface area contributed by atoms with Crippen molar-refractivity contribution in [2.45, 2.75) is 17.5 Å². The van der Waals surface area contributed by atoms with Gasteiger partial charge < -0.3 is 5.73 Å². The summed E-state index contributed by atoms with van der Waals surface area (Å²) in [5.41, 5.74) is 3.43. The van der Waals surface area contributed by atoms with Gasteiger partial charge in [0.1, 0.15) is 11.6 Å². The first-order chi connectivity index (χ1) is 13.9. The van der Waals surface area contributed by atoms with Crippen LogP contribution < -0.4 is 5.73 Å². The molecule has 0 aliphatic carbocycles. The third kappa shape index (κ3) is 4.28. The number of benzene rings is 2. The average molecular weight is 443 g/mol. The molecule has 1 aromatic heterocycles. The Hall–Kier alpha value is -2.99. The van der Waals surface area contributed by atoms with Gasteiger partial charge in [-0.2, -0.15) is 18.2 Å². The summed E-state index contributed by atoms with van der Waals surface area (Å²) in [5.74, 6) is -0.993. The van der Waals surface area contributed by atoms with E-state index in [9.17, 15) is 26.0 Å². The number of hydrogen-bond acceptors (Lipinski definition) is 5. The van der Waals surface area contributed by atoms with E-state index in [1.165, 1.54) is 14.1 Å². The maximum atomic E-state index is 14.8. The number of nitrogens with one attached hydrogen (secondary N) is 1. The lowest BCUT2D eigenvalue weighted by molar-refractivity contribution is -0.137. The first kappa shape index (κ1) is 21.7. The normalized spacial score (nSPS) is 12.5. The Bertz CT molecular complexity index is 1170. The first-order valence-corrected chi connectivity index (χ1v) is 9.93. The number of sulfonamides is 1. The quantitative estimate of drug-likeness (QED) is 0.590. The molecule has 3 N–H and O–H groups in total. The van der Waals surface area contributed by atoms with E-state index in [4.69, 9.17) is 5.73 Å². The van der Waals surface area contributed by atoms with Crippen molar-refractivity contribution < 1.29 is 26.0 Å². The van der Waals surface area contributed by atoms with Gasteiger partial charge in [-0.05, 0) is 35.4 Å². The van der Waals surface area contributed by atoms with Crippen LogP contribution in [0, 0.1) is 5.82 Å². The summed E-state index contributed by atoms with van der Waals surface area (Å²) in [4.78, 5) is 3.68. The van der Waals surface area contributed by atoms with E-state index in [1.807, 2.05) is 0 Å². The molecule has 1 heterocycles. The van der Waals surface area contributed by atoms with Gasteiger partial charge in [0, 0.05) is 26.1 Å². The number of aromatic amines is 1. The topological polar surface area (TPSA) is 105 Å². The zero-order valence-electron chi connectivity index (χ0n) is 15.8. The predicted molar refractivity (Wildman–Crippen MR) is 101 cm³/mol. The molecule has 2 aromatic carbocycles. The maximum absolute atomic E-state index is 14.8. The van der Waals surface area contributed by atoms with Gasteiger partial charge in [0.15, 0.2) is 0 Å². The second-order valence-electron chi connectivity index (χ2n) is 6.63. The highest BCUT2D eigenvalue weighted by molar-refractivity contribution is 7.89. The van der Waals surface area contributed by atoms with Crippen molar-refractivity contribution in [3.05, 3.63) is 59.2 Å². The number of halogens is 4. The second kappa shape index (κ2) is 7.69. The van der Waals surface area contributed by atoms with Crippen molar-refractivity contribution in [1.82, 2.24) is 19.5 Å². The molecule has 0 unspecified atom stereocenters. The fraction of sp³-hybridized carbons (Fsp3) is 0.222. The molecule has 0 saturated carbocycles. The molecule has 0 radical (unpaired) electrons. The highest BCUT2D eigenvalue weighted by Crippen LogP contribution is 2.40. The number of rotatable bonds is 5. The van der Waals surface area contributed by atoms with Crippen LogP contribution in [0.4, 0.5) is 23.5 Å². The number of H-pyrrole nitrogens is 1. The van der Waals surface area contributed by atoms with Crippen LogP contribution >= 0.6 is 0 Å². The van der Waals surface area contributed by atoms with Gasteiger partial charge in [0.05, 0.1) is 10.5 Å². The van der Waals surface area contributed by atoms with Crippen LogP contribution in [0.2, 0.25) is 0 Å². The van der Waals surface area contributed by atoms with Gasteiger partial charge in [0.25, 0.3) is 0 Å². The van der Waals surface area contributed by atoms with Crippen molar-refractivity contribution in [3.63, 3.8) is 0 Å². The SMILES string of the molecule is CN(C)S(=O)(=O)c1ccc(-c2c(F)cc(Cc3nc(N)n[nH]3)cc2C(F)(F)F)cc1. The molecule has 0 aliphatic heterocycles. The monoisotopic (exact) mass is 443 g/mol. The summed E-state index contributed by atoms with van der Waals surface area (Å²) in [7, 11) is -1.12. The third-order valence-corrected chi connectivity index (χ3v) is 6.13. The fourth-order valence-electron chi connectivity index (χ4n) is 2.87. The molecule has 12 heteroatoms. The number of alkyl halides is 3. The van der Waals surface area contributed by atoms with Gasteiger partial charge in [-0.25, -0.2) is 17.1 Å². The lowest BCUT2D eigenvalue weighted by atomic mass is 9.95. The van der Waals surface area contributed by atoms with Crippen LogP contribution in [0.1, 0.15) is 17.0 Å². The second-order valence-corrected chi connectivity index (χ2v) is 8.78. The molecule has 3 rings (SSSR count). The van der Waals surface area contributed by atoms with Crippen molar-refractivity contribution >= 4 is 16.0 Å². The number of anilines is 1. The molecule has 160 valence electrons. The van der Waals surface area contributed by atoms with Gasteiger partial charge >= 0.3 is 6.18 Å². The van der Waals surface area contributed by atoms with Crippen LogP contribution in [-0.2, 0) is 22.6 Å². The number of aromatic nitrogens is 3. The highest BCUT2D eigenvalue weighted by Gasteiger charge is 2.36. The van der Waals surface area contributed by atoms with E-state index in [-0.39, 0.29) is 34.2 Å². The lowest BCUT2D eigenvalue weighted by Gasteiger charge is -2.17. The Kier molecular flexibility index (Phi) is 5.56. The lowest BCUT2D eigenvalue weighted by Crippen LogP contribution is -2.22. The Morgan fingerprint density at radius 2 is 1.77 bits per heavy atom. The van der Waals surface area contributed by atoms with Crippen LogP contribution in [0.3, 0.4) is 0 Å². The standard InChI is InChI=1S/C18H17F4N5O2S/c1-27(2)30(28,29)12-5-3-11(4-6-12)16-13(18(20,21)22)7-10(8-14(16)19)9-15-24-17(23)26-25-15/h3-8H,9H2,1-2H3,(H3,23,24,25,26). The summed E-state index contributed by atoms with van der Waals surface area (Å²) in [6, 6.07) is 6.34. The highest BCUT2D eigenvalue weighted by atomic mass is 32.2. The van der Waals surface area contributed by atoms with Crippen molar-refractivity contribution in [2.24, 2.45) is 0 Å². The predicted octanol–water partition coefficient (Wildman–Crippen LogP) is 3.05. The zero-order chi connectivity index (χ0) is 22.3. The number of nitrogens with zero attached hydrogens (tertiary/aromatic N) is 3. The smallest absolute Gasteiger partial charge is 0.367 e. The van der Waals surface area contributed by atoms with Crippen molar-refractivity contribution in [1.29, 1.82) is 0 Å². The van der Waals surface area contributed by atoms with Crippen LogP contribution in [0.5, 0.6) is 0 Å². The number of hydrogen-bond donors (Lipinski definition) is 2. The van der Waals surface area contributed by atoms with E-state index < -0.39 is 33.1 Å². The van der Waals surface area contributed by atoms with E-state index in [2.05, 4.69) is 15.2 Å². The van der Waals surface area contributed by atoms with Crippen LogP contribution in [-0.4, -0.2) is 42.0 Å². The van der Waals surface area contributed by atoms with Gasteiger partial charge in [-0.15, -0.1) is 5.10 Å². The van der Waals surface area contributed by atoms with Crippen LogP contribution in [0.25, 0.3) is 11.1 Å². The van der Waals surface area contributed by atoms with E-state index in [0.717, 1.165) is 40.7 Å². The summed E-state index contributed by atoms with van der Waals surface area (Å²) in [6.45, 7) is 0. The Balaban J connectivity index is 2.08. The molecule has 0 saturated heterocycles. The van der Waals surface area contributed by atoms with Crippen molar-refractivity contribution in [3.8, 4) is 11.1 Å². The van der Waals surface area contributed by atoms with E-state index in [1.54, 1.807) is 0 Å². The Labute approximate surface area is 169 Å². The molecule has 0 atom stereocenters. The summed E-state index contributed by atoms with van der Waals surface area (Å²) >= 11 is 0. The minimum atomic E-state index is -4.85. The van der Waals surface area contributed by atoms with Gasteiger partial charge in [-0.3, -0.25) is 5.10 Å². The molecule has 0 fully saturated rings. The summed E-state index contributed by atoms with van der Waals surface area (Å²) in [6.07, 6.45) is -4.98. The van der Waals surface area contributed by atoms with E-state index >= 15 is 0 Å². The Morgan fingerprint density at radius 1 is 1.13 bits per heavy atom. The molecule has 0 aliphatic rings. The zero-order valence-corrected chi connectivity index (χ0v) is 16.6. The van der Waals surface area contributed by atoms with Crippen molar-refractivity contribution in [2.75, 3.05) is 19.8 Å². The largest absolute Gasteiger partial charge is 0.417 e. The van der Waals surface area contributed by atoms with Gasteiger partial charge in [-0.1, -0.05) is 12.1 Å². The molecule has 0 amide bonds. The molecule has 0 spiro atoms. The molecule has 0 bridgehead atoms. The fourth-order valence-corrected chi connectivity index (χ4v) is 3.77. The molecular formula is C18H17F4N5O2S. The average Bonchev–Trinajstić information content (AvgIpc) is 3.05. The molecular weight excluding hydrogens is 426 g/mol. The molecule has 3 aromatic rings. The number of nitrogens with two attached hydrogens (primary N) is 1.